The van der Waals surface area contributed by atoms with Crippen molar-refractivity contribution < 1.29 is 0 Å². The van der Waals surface area contributed by atoms with Crippen molar-refractivity contribution in [1.29, 1.82) is 0 Å². The van der Waals surface area contributed by atoms with Crippen LogP contribution >= 0.6 is 0 Å². The van der Waals surface area contributed by atoms with Gasteiger partial charge in [0.1, 0.15) is 0 Å². The monoisotopic (exact) mass is 265 g/mol. The predicted octanol–water partition coefficient (Wildman–Crippen LogP) is 4.22. The molecule has 2 atom stereocenters. The molecule has 1 nitrogen and oxygen atoms in total. The maximum atomic E-state index is 6.47. The lowest BCUT2D eigenvalue weighted by molar-refractivity contribution is 0.500. The van der Waals surface area contributed by atoms with Gasteiger partial charge in [-0.2, -0.15) is 0 Å². The highest BCUT2D eigenvalue weighted by molar-refractivity contribution is 5.43. The minimum absolute atomic E-state index is 0.123. The van der Waals surface area contributed by atoms with Crippen LogP contribution in [-0.2, 0) is 12.8 Å². The smallest absolute Gasteiger partial charge is 0.0367 e. The number of fused-ring (bicyclic) bond motifs is 1. The highest BCUT2D eigenvalue weighted by Crippen LogP contribution is 2.42. The summed E-state index contributed by atoms with van der Waals surface area (Å²) in [5.41, 5.74) is 12.0. The number of benzene rings is 2. The molecule has 2 aromatic carbocycles. The van der Waals surface area contributed by atoms with Gasteiger partial charge in [0.15, 0.2) is 0 Å². The Morgan fingerprint density at radius 1 is 1.05 bits per heavy atom. The SMILES string of the molecule is CC(C)Cc1ccc(C(N)C2Cc3ccccc32)cc1. The van der Waals surface area contributed by atoms with E-state index in [0.29, 0.717) is 11.8 Å². The summed E-state index contributed by atoms with van der Waals surface area (Å²) in [6.07, 6.45) is 2.26. The average Bonchev–Trinajstić information content (AvgIpc) is 2.40. The van der Waals surface area contributed by atoms with Crippen LogP contribution in [0.2, 0.25) is 0 Å². The molecule has 1 aliphatic rings. The molecule has 104 valence electrons. The van der Waals surface area contributed by atoms with Gasteiger partial charge in [0.05, 0.1) is 0 Å². The minimum Gasteiger partial charge on any atom is -0.323 e. The van der Waals surface area contributed by atoms with Crippen molar-refractivity contribution in [3.05, 3.63) is 70.8 Å². The summed E-state index contributed by atoms with van der Waals surface area (Å²) in [6, 6.07) is 17.7. The largest absolute Gasteiger partial charge is 0.323 e. The van der Waals surface area contributed by atoms with E-state index in [-0.39, 0.29) is 6.04 Å². The van der Waals surface area contributed by atoms with Gasteiger partial charge in [-0.3, -0.25) is 0 Å². The summed E-state index contributed by atoms with van der Waals surface area (Å²) in [7, 11) is 0. The Labute approximate surface area is 121 Å². The molecule has 2 aromatic rings. The second-order valence-corrected chi connectivity index (χ2v) is 6.37. The molecule has 3 rings (SSSR count). The summed E-state index contributed by atoms with van der Waals surface area (Å²) in [4.78, 5) is 0. The van der Waals surface area contributed by atoms with Crippen molar-refractivity contribution in [1.82, 2.24) is 0 Å². The molecule has 1 heteroatoms. The molecule has 0 saturated heterocycles. The summed E-state index contributed by atoms with van der Waals surface area (Å²) < 4.78 is 0. The first-order valence-corrected chi connectivity index (χ1v) is 7.57. The number of rotatable bonds is 4. The maximum absolute atomic E-state index is 6.47. The van der Waals surface area contributed by atoms with Crippen LogP contribution in [0.15, 0.2) is 48.5 Å². The second-order valence-electron chi connectivity index (χ2n) is 6.37. The molecule has 0 bridgehead atoms. The van der Waals surface area contributed by atoms with Crippen LogP contribution in [-0.4, -0.2) is 0 Å². The normalized spacial score (nSPS) is 18.5. The summed E-state index contributed by atoms with van der Waals surface area (Å²) in [5.74, 6) is 1.19. The molecular formula is C19H23N. The summed E-state index contributed by atoms with van der Waals surface area (Å²) in [5, 5.41) is 0. The van der Waals surface area contributed by atoms with Gasteiger partial charge >= 0.3 is 0 Å². The molecule has 0 fully saturated rings. The minimum atomic E-state index is 0.123. The van der Waals surface area contributed by atoms with E-state index in [4.69, 9.17) is 5.73 Å². The first-order chi connectivity index (χ1) is 9.65. The van der Waals surface area contributed by atoms with Gasteiger partial charge in [-0.05, 0) is 41.0 Å². The van der Waals surface area contributed by atoms with E-state index < -0.39 is 0 Å². The Morgan fingerprint density at radius 3 is 2.40 bits per heavy atom. The zero-order valence-corrected chi connectivity index (χ0v) is 12.3. The molecule has 0 aliphatic heterocycles. The first-order valence-electron chi connectivity index (χ1n) is 7.57. The quantitative estimate of drug-likeness (QED) is 0.880. The van der Waals surface area contributed by atoms with E-state index in [9.17, 15) is 0 Å². The van der Waals surface area contributed by atoms with E-state index in [2.05, 4.69) is 62.4 Å². The Balaban J connectivity index is 1.74. The lowest BCUT2D eigenvalue weighted by atomic mass is 9.72. The lowest BCUT2D eigenvalue weighted by Crippen LogP contribution is -2.28. The van der Waals surface area contributed by atoms with E-state index in [0.717, 1.165) is 12.8 Å². The molecule has 2 unspecified atom stereocenters. The van der Waals surface area contributed by atoms with Crippen LogP contribution in [0.1, 0.15) is 48.1 Å². The first kappa shape index (κ1) is 13.4. The maximum Gasteiger partial charge on any atom is 0.0367 e. The Morgan fingerprint density at radius 2 is 1.75 bits per heavy atom. The van der Waals surface area contributed by atoms with E-state index in [1.54, 1.807) is 0 Å². The molecule has 0 aromatic heterocycles. The van der Waals surface area contributed by atoms with Gasteiger partial charge in [0.25, 0.3) is 0 Å². The van der Waals surface area contributed by atoms with Crippen LogP contribution in [0.4, 0.5) is 0 Å². The van der Waals surface area contributed by atoms with Crippen molar-refractivity contribution in [3.8, 4) is 0 Å². The fourth-order valence-corrected chi connectivity index (χ4v) is 3.20. The van der Waals surface area contributed by atoms with Gasteiger partial charge in [0.2, 0.25) is 0 Å². The number of nitrogens with two attached hydrogens (primary N) is 1. The van der Waals surface area contributed by atoms with Crippen molar-refractivity contribution in [2.24, 2.45) is 11.7 Å². The van der Waals surface area contributed by atoms with Crippen LogP contribution < -0.4 is 5.73 Å². The topological polar surface area (TPSA) is 26.0 Å². The molecule has 20 heavy (non-hydrogen) atoms. The van der Waals surface area contributed by atoms with Gasteiger partial charge in [-0.25, -0.2) is 0 Å². The fraction of sp³-hybridized carbons (Fsp3) is 0.368. The third kappa shape index (κ3) is 2.51. The van der Waals surface area contributed by atoms with E-state index >= 15 is 0 Å². The molecular weight excluding hydrogens is 242 g/mol. The van der Waals surface area contributed by atoms with Gasteiger partial charge in [0, 0.05) is 12.0 Å². The Kier molecular flexibility index (Phi) is 3.62. The molecule has 1 aliphatic carbocycles. The predicted molar refractivity (Wildman–Crippen MR) is 84.8 cm³/mol. The summed E-state index contributed by atoms with van der Waals surface area (Å²) >= 11 is 0. The second kappa shape index (κ2) is 5.41. The lowest BCUT2D eigenvalue weighted by Gasteiger charge is -2.35. The highest BCUT2D eigenvalue weighted by atomic mass is 14.7. The van der Waals surface area contributed by atoms with Crippen LogP contribution in [0, 0.1) is 5.92 Å². The highest BCUT2D eigenvalue weighted by Gasteiger charge is 2.31. The number of hydrogen-bond donors (Lipinski definition) is 1. The van der Waals surface area contributed by atoms with Crippen LogP contribution in [0.3, 0.4) is 0 Å². The van der Waals surface area contributed by atoms with Crippen LogP contribution in [0.25, 0.3) is 0 Å². The zero-order chi connectivity index (χ0) is 14.1. The van der Waals surface area contributed by atoms with Crippen molar-refractivity contribution in [3.63, 3.8) is 0 Å². The molecule has 0 amide bonds. The molecule has 0 radical (unpaired) electrons. The fourth-order valence-electron chi connectivity index (χ4n) is 3.20. The van der Waals surface area contributed by atoms with Crippen molar-refractivity contribution >= 4 is 0 Å². The molecule has 2 N–H and O–H groups in total. The average molecular weight is 265 g/mol. The standard InChI is InChI=1S/C19H23N/c1-13(2)11-14-7-9-15(10-8-14)19(20)18-12-16-5-3-4-6-17(16)18/h3-10,13,18-19H,11-12,20H2,1-2H3. The molecule has 0 spiro atoms. The van der Waals surface area contributed by atoms with Gasteiger partial charge < -0.3 is 5.73 Å². The van der Waals surface area contributed by atoms with Gasteiger partial charge in [-0.15, -0.1) is 0 Å². The van der Waals surface area contributed by atoms with Crippen molar-refractivity contribution in [2.45, 2.75) is 38.6 Å². The Hall–Kier alpha value is -1.60. The molecule has 0 saturated carbocycles. The third-order valence-corrected chi connectivity index (χ3v) is 4.34. The number of hydrogen-bond acceptors (Lipinski definition) is 1. The molecule has 0 heterocycles. The van der Waals surface area contributed by atoms with Gasteiger partial charge in [-0.1, -0.05) is 62.4 Å². The summed E-state index contributed by atoms with van der Waals surface area (Å²) in [6.45, 7) is 4.51. The van der Waals surface area contributed by atoms with Crippen LogP contribution in [0.5, 0.6) is 0 Å². The van der Waals surface area contributed by atoms with Crippen molar-refractivity contribution in [2.75, 3.05) is 0 Å². The Bertz CT molecular complexity index is 583. The third-order valence-electron chi connectivity index (χ3n) is 4.34. The van der Waals surface area contributed by atoms with E-state index in [1.165, 1.54) is 22.3 Å². The zero-order valence-electron chi connectivity index (χ0n) is 12.3. The van der Waals surface area contributed by atoms with E-state index in [1.807, 2.05) is 0 Å².